The van der Waals surface area contributed by atoms with Crippen molar-refractivity contribution in [2.24, 2.45) is 0 Å². The van der Waals surface area contributed by atoms with Crippen LogP contribution in [0.25, 0.3) is 77.7 Å². The van der Waals surface area contributed by atoms with Crippen LogP contribution >= 0.6 is 0 Å². The Morgan fingerprint density at radius 1 is 0.333 bits per heavy atom. The van der Waals surface area contributed by atoms with E-state index in [0.29, 0.717) is 0 Å². The van der Waals surface area contributed by atoms with Gasteiger partial charge in [0.2, 0.25) is 5.78 Å². The molecule has 4 heteroatoms. The Morgan fingerprint density at radius 3 is 1.25 bits per heavy atom. The van der Waals surface area contributed by atoms with E-state index in [2.05, 4.69) is 232 Å². The number of nitrogens with zero attached hydrogens (tertiary/aromatic N) is 4. The summed E-state index contributed by atoms with van der Waals surface area (Å²) in [5.41, 5.74) is 15.9. The largest absolute Gasteiger partial charge is 0.311 e. The lowest BCUT2D eigenvalue weighted by atomic mass is 10.0. The van der Waals surface area contributed by atoms with Crippen LogP contribution in [0.5, 0.6) is 0 Å². The van der Waals surface area contributed by atoms with Crippen LogP contribution in [0, 0.1) is 0 Å². The second-order valence-corrected chi connectivity index (χ2v) is 14.5. The fourth-order valence-corrected chi connectivity index (χ4v) is 8.26. The van der Waals surface area contributed by atoms with Gasteiger partial charge < -0.3 is 4.90 Å². The van der Waals surface area contributed by atoms with Crippen molar-refractivity contribution in [3.8, 4) is 39.1 Å². The molecule has 0 unspecified atom stereocenters. The molecule has 11 aromatic rings. The molecule has 2 aromatic heterocycles. The summed E-state index contributed by atoms with van der Waals surface area (Å²) in [7, 11) is 0. The molecular formula is C53H36N4. The van der Waals surface area contributed by atoms with Crippen LogP contribution in [-0.4, -0.2) is 14.0 Å². The van der Waals surface area contributed by atoms with Crippen molar-refractivity contribution in [3.63, 3.8) is 0 Å². The highest BCUT2D eigenvalue weighted by Crippen LogP contribution is 2.38. The second-order valence-electron chi connectivity index (χ2n) is 14.5. The van der Waals surface area contributed by atoms with Crippen molar-refractivity contribution < 1.29 is 0 Å². The number of anilines is 3. The Hall–Kier alpha value is -7.69. The quantitative estimate of drug-likeness (QED) is 0.163. The Kier molecular flexibility index (Phi) is 7.78. The first-order chi connectivity index (χ1) is 28.2. The van der Waals surface area contributed by atoms with Crippen LogP contribution in [-0.2, 0) is 0 Å². The monoisotopic (exact) mass is 728 g/mol. The molecule has 0 amide bonds. The van der Waals surface area contributed by atoms with Crippen LogP contribution in [0.2, 0.25) is 0 Å². The predicted octanol–water partition coefficient (Wildman–Crippen LogP) is 14.1. The smallest absolute Gasteiger partial charge is 0.220 e. The van der Waals surface area contributed by atoms with Gasteiger partial charge in [0.1, 0.15) is 0 Å². The fourth-order valence-electron chi connectivity index (χ4n) is 8.26. The molecule has 57 heavy (non-hydrogen) atoms. The third-order valence-electron chi connectivity index (χ3n) is 11.1. The van der Waals surface area contributed by atoms with E-state index < -0.39 is 0 Å². The lowest BCUT2D eigenvalue weighted by molar-refractivity contribution is 1.11. The van der Waals surface area contributed by atoms with E-state index >= 15 is 0 Å². The van der Waals surface area contributed by atoms with Gasteiger partial charge in [0.15, 0.2) is 0 Å². The first kappa shape index (κ1) is 32.7. The maximum Gasteiger partial charge on any atom is 0.220 e. The highest BCUT2D eigenvalue weighted by Gasteiger charge is 2.19. The van der Waals surface area contributed by atoms with Gasteiger partial charge in [-0.15, -0.1) is 0 Å². The van der Waals surface area contributed by atoms with E-state index in [9.17, 15) is 0 Å². The van der Waals surface area contributed by atoms with E-state index in [0.717, 1.165) is 61.7 Å². The van der Waals surface area contributed by atoms with Crippen molar-refractivity contribution in [1.82, 2.24) is 14.0 Å². The molecule has 9 aromatic carbocycles. The number of benzene rings is 9. The van der Waals surface area contributed by atoms with E-state index in [1.807, 2.05) is 0 Å². The maximum absolute atomic E-state index is 5.14. The first-order valence-electron chi connectivity index (χ1n) is 19.4. The number of hydrogen-bond donors (Lipinski definition) is 0. The highest BCUT2D eigenvalue weighted by atomic mass is 15.2. The second kappa shape index (κ2) is 13.6. The zero-order valence-corrected chi connectivity index (χ0v) is 31.1. The van der Waals surface area contributed by atoms with Crippen molar-refractivity contribution in [2.75, 3.05) is 4.90 Å². The molecule has 0 saturated carbocycles. The van der Waals surface area contributed by atoms with E-state index in [1.165, 1.54) is 33.0 Å². The van der Waals surface area contributed by atoms with Gasteiger partial charge in [-0.05, 0) is 117 Å². The topological polar surface area (TPSA) is 25.5 Å². The molecule has 0 saturated heterocycles. The van der Waals surface area contributed by atoms with Gasteiger partial charge in [0, 0.05) is 22.7 Å². The van der Waals surface area contributed by atoms with Gasteiger partial charge in [-0.25, -0.2) is 4.98 Å². The highest BCUT2D eigenvalue weighted by molar-refractivity contribution is 6.00. The molecule has 0 spiro atoms. The molecule has 0 bridgehead atoms. The summed E-state index contributed by atoms with van der Waals surface area (Å²) in [6.07, 6.45) is 0. The summed E-state index contributed by atoms with van der Waals surface area (Å²) in [5, 5.41) is 2.42. The molecule has 2 heterocycles. The Balaban J connectivity index is 0.957. The summed E-state index contributed by atoms with van der Waals surface area (Å²) in [5.74, 6) is 0.910. The molecule has 0 aliphatic rings. The van der Waals surface area contributed by atoms with Crippen molar-refractivity contribution in [1.29, 1.82) is 0 Å². The van der Waals surface area contributed by atoms with E-state index in [1.54, 1.807) is 0 Å². The summed E-state index contributed by atoms with van der Waals surface area (Å²) < 4.78 is 4.58. The van der Waals surface area contributed by atoms with Crippen LogP contribution in [0.3, 0.4) is 0 Å². The van der Waals surface area contributed by atoms with Crippen LogP contribution in [0.4, 0.5) is 17.1 Å². The number of fused-ring (bicyclic) bond motifs is 6. The number of hydrogen-bond acceptors (Lipinski definition) is 2. The third-order valence-corrected chi connectivity index (χ3v) is 11.1. The fraction of sp³-hybridized carbons (Fsp3) is 0. The molecule has 0 fully saturated rings. The van der Waals surface area contributed by atoms with Crippen LogP contribution in [0.15, 0.2) is 218 Å². The molecule has 0 atom stereocenters. The predicted molar refractivity (Wildman–Crippen MR) is 238 cm³/mol. The molecule has 0 radical (unpaired) electrons. The van der Waals surface area contributed by atoms with Crippen molar-refractivity contribution in [2.45, 2.75) is 0 Å². The number of para-hydroxylation sites is 2. The summed E-state index contributed by atoms with van der Waals surface area (Å²) in [4.78, 5) is 7.47. The van der Waals surface area contributed by atoms with Gasteiger partial charge in [-0.3, -0.25) is 8.97 Å². The zero-order chi connectivity index (χ0) is 37.7. The number of imidazole rings is 2. The minimum absolute atomic E-state index is 0.910. The summed E-state index contributed by atoms with van der Waals surface area (Å²) in [6, 6.07) is 78.1. The van der Waals surface area contributed by atoms with Crippen molar-refractivity contribution in [3.05, 3.63) is 218 Å². The minimum atomic E-state index is 0.910. The van der Waals surface area contributed by atoms with Gasteiger partial charge in [0.25, 0.3) is 0 Å². The third kappa shape index (κ3) is 5.74. The molecule has 4 nitrogen and oxygen atoms in total. The standard InChI is InChI=1S/C53H36N4/c1-3-11-37(12-4-1)39-19-27-45(28-20-39)55(46-29-21-40(22-30-46)38-13-5-2-6-14-38)47-31-23-41(24-32-47)42-25-33-48(34-26-42)56-51-35-43-15-7-8-16-44(43)36-52(51)57-50-18-10-9-17-49(50)54-53(56)57/h1-36H. The average Bonchev–Trinajstić information content (AvgIpc) is 3.81. The zero-order valence-electron chi connectivity index (χ0n) is 31.1. The van der Waals surface area contributed by atoms with Crippen LogP contribution < -0.4 is 4.90 Å². The first-order valence-corrected chi connectivity index (χ1v) is 19.4. The van der Waals surface area contributed by atoms with Gasteiger partial charge in [0.05, 0.1) is 22.1 Å². The lowest BCUT2D eigenvalue weighted by Gasteiger charge is -2.26. The average molecular weight is 729 g/mol. The van der Waals surface area contributed by atoms with Gasteiger partial charge in [-0.1, -0.05) is 146 Å². The van der Waals surface area contributed by atoms with Gasteiger partial charge >= 0.3 is 0 Å². The van der Waals surface area contributed by atoms with Gasteiger partial charge in [-0.2, -0.15) is 0 Å². The van der Waals surface area contributed by atoms with E-state index in [4.69, 9.17) is 4.98 Å². The van der Waals surface area contributed by atoms with Crippen molar-refractivity contribution >= 4 is 55.7 Å². The van der Waals surface area contributed by atoms with Crippen LogP contribution in [0.1, 0.15) is 0 Å². The maximum atomic E-state index is 5.14. The molecule has 0 aliphatic carbocycles. The number of aromatic nitrogens is 3. The molecule has 11 rings (SSSR count). The Morgan fingerprint density at radius 2 is 0.737 bits per heavy atom. The SMILES string of the molecule is c1ccc(-c2ccc(N(c3ccc(-c4ccccc4)cc3)c3ccc(-c4ccc(-n5c6cc7ccccc7cc6n6c7ccccc7nc56)cc4)cc3)cc2)cc1. The minimum Gasteiger partial charge on any atom is -0.311 e. The Labute approximate surface area is 330 Å². The Bertz CT molecular complexity index is 3090. The summed E-state index contributed by atoms with van der Waals surface area (Å²) in [6.45, 7) is 0. The lowest BCUT2D eigenvalue weighted by Crippen LogP contribution is -2.09. The number of rotatable bonds is 7. The summed E-state index contributed by atoms with van der Waals surface area (Å²) >= 11 is 0. The molecule has 0 aliphatic heterocycles. The molecule has 268 valence electrons. The molecule has 0 N–H and O–H groups in total. The molecular weight excluding hydrogens is 693 g/mol. The van der Waals surface area contributed by atoms with E-state index in [-0.39, 0.29) is 0 Å². The normalized spacial score (nSPS) is 11.5.